The fraction of sp³-hybridized carbons (Fsp3) is 0.250. The summed E-state index contributed by atoms with van der Waals surface area (Å²) in [5, 5.41) is 3.67. The summed E-state index contributed by atoms with van der Waals surface area (Å²) in [5.41, 5.74) is 1.53. The topological polar surface area (TPSA) is 86.2 Å². The first-order valence-electron chi connectivity index (χ1n) is 8.44. The second-order valence-electron chi connectivity index (χ2n) is 6.02. The number of nitrogens with zero attached hydrogens (tertiary/aromatic N) is 1. The van der Waals surface area contributed by atoms with E-state index in [2.05, 4.69) is 10.3 Å². The zero-order chi connectivity index (χ0) is 20.3. The molecule has 3 rings (SSSR count). The van der Waals surface area contributed by atoms with E-state index in [4.69, 9.17) is 25.8 Å². The summed E-state index contributed by atoms with van der Waals surface area (Å²) in [7, 11) is 4.35. The van der Waals surface area contributed by atoms with E-state index >= 15 is 0 Å². The number of carbonyl (C=O) groups excluding carboxylic acids is 2. The van der Waals surface area contributed by atoms with Crippen molar-refractivity contribution in [1.82, 2.24) is 5.32 Å². The van der Waals surface area contributed by atoms with Gasteiger partial charge in [0, 0.05) is 22.8 Å². The predicted octanol–water partition coefficient (Wildman–Crippen LogP) is 2.51. The number of rotatable bonds is 6. The quantitative estimate of drug-likeness (QED) is 0.581. The van der Waals surface area contributed by atoms with Gasteiger partial charge >= 0.3 is 5.97 Å². The van der Waals surface area contributed by atoms with Crippen LogP contribution in [0.15, 0.2) is 57.7 Å². The molecular formula is C20H19ClN2O5. The second-order valence-corrected chi connectivity index (χ2v) is 6.45. The molecule has 28 heavy (non-hydrogen) atoms. The van der Waals surface area contributed by atoms with Crippen LogP contribution in [0.2, 0.25) is 0 Å². The Kier molecular flexibility index (Phi) is 5.84. The number of fused-ring (bicyclic) bond motifs is 1. The highest BCUT2D eigenvalue weighted by atomic mass is 35.5. The van der Waals surface area contributed by atoms with Gasteiger partial charge < -0.3 is 19.5 Å². The molecule has 1 amide bonds. The monoisotopic (exact) mass is 402 g/mol. The van der Waals surface area contributed by atoms with Crippen LogP contribution in [0.1, 0.15) is 5.56 Å². The molecule has 1 aromatic carbocycles. The third kappa shape index (κ3) is 3.80. The number of halogens is 1. The van der Waals surface area contributed by atoms with E-state index in [1.165, 1.54) is 7.11 Å². The minimum absolute atomic E-state index is 0.144. The van der Waals surface area contributed by atoms with Crippen molar-refractivity contribution in [3.63, 3.8) is 0 Å². The first-order chi connectivity index (χ1) is 13.5. The van der Waals surface area contributed by atoms with Crippen LogP contribution >= 0.6 is 11.6 Å². The number of allylic oxidation sites excluding steroid dienone is 4. The first kappa shape index (κ1) is 19.7. The van der Waals surface area contributed by atoms with Gasteiger partial charge in [0.15, 0.2) is 0 Å². The number of carbonyl (C=O) groups is 2. The maximum atomic E-state index is 12.5. The average molecular weight is 403 g/mol. The molecule has 1 aromatic rings. The van der Waals surface area contributed by atoms with Gasteiger partial charge in [0.1, 0.15) is 17.1 Å². The van der Waals surface area contributed by atoms with Gasteiger partial charge in [-0.3, -0.25) is 4.79 Å². The molecule has 146 valence electrons. The fourth-order valence-electron chi connectivity index (χ4n) is 3.06. The van der Waals surface area contributed by atoms with Crippen molar-refractivity contribution in [2.75, 3.05) is 21.3 Å². The molecule has 1 heterocycles. The van der Waals surface area contributed by atoms with Gasteiger partial charge in [-0.15, -0.1) is 0 Å². The molecule has 0 saturated carbocycles. The van der Waals surface area contributed by atoms with Gasteiger partial charge in [-0.05, 0) is 30.4 Å². The van der Waals surface area contributed by atoms with Crippen molar-refractivity contribution in [2.24, 2.45) is 10.9 Å². The number of ether oxygens (including phenoxy) is 3. The molecule has 0 bridgehead atoms. The molecule has 8 heteroatoms. The summed E-state index contributed by atoms with van der Waals surface area (Å²) < 4.78 is 15.4. The number of hydrogen-bond acceptors (Lipinski definition) is 6. The molecule has 0 fully saturated rings. The van der Waals surface area contributed by atoms with Gasteiger partial charge in [-0.1, -0.05) is 17.7 Å². The van der Waals surface area contributed by atoms with Crippen LogP contribution < -0.4 is 14.8 Å². The summed E-state index contributed by atoms with van der Waals surface area (Å²) in [6.07, 6.45) is 5.03. The number of dihydropyridines is 1. The molecule has 1 aliphatic heterocycles. The van der Waals surface area contributed by atoms with Crippen LogP contribution in [0.5, 0.6) is 11.5 Å². The lowest BCUT2D eigenvalue weighted by molar-refractivity contribution is -0.137. The average Bonchev–Trinajstić information content (AvgIpc) is 2.71. The number of benzene rings is 1. The molecule has 1 aliphatic carbocycles. The Hall–Kier alpha value is -3.06. The standard InChI is InChI=1S/C20H19ClN2O5/c1-26-13-5-7-16(27-2)11(8-13)10-22-18-14-9-12(21)4-6-15(14)23-19(24)17(18)20(25)28-3/h4-9,14,22H,10H2,1-3H3. The Balaban J connectivity index is 1.99. The number of hydrogen-bond donors (Lipinski definition) is 1. The van der Waals surface area contributed by atoms with Crippen LogP contribution in [-0.4, -0.2) is 38.9 Å². The third-order valence-electron chi connectivity index (χ3n) is 4.43. The van der Waals surface area contributed by atoms with E-state index in [1.54, 1.807) is 44.6 Å². The highest BCUT2D eigenvalue weighted by Gasteiger charge is 2.35. The van der Waals surface area contributed by atoms with Crippen molar-refractivity contribution in [3.05, 3.63) is 58.3 Å². The van der Waals surface area contributed by atoms with Crippen molar-refractivity contribution >= 4 is 29.2 Å². The maximum Gasteiger partial charge on any atom is 0.345 e. The minimum atomic E-state index is -0.757. The van der Waals surface area contributed by atoms with Crippen molar-refractivity contribution < 1.29 is 23.8 Å². The normalized spacial score (nSPS) is 18.1. The minimum Gasteiger partial charge on any atom is -0.497 e. The summed E-state index contributed by atoms with van der Waals surface area (Å²) in [4.78, 5) is 28.7. The number of aliphatic imine (C=N–C) groups is 1. The van der Waals surface area contributed by atoms with Crippen LogP contribution in [0.25, 0.3) is 0 Å². The number of esters is 1. The van der Waals surface area contributed by atoms with Gasteiger partial charge in [0.05, 0.1) is 33.0 Å². The van der Waals surface area contributed by atoms with E-state index in [-0.39, 0.29) is 12.1 Å². The smallest absolute Gasteiger partial charge is 0.345 e. The highest BCUT2D eigenvalue weighted by molar-refractivity contribution is 6.33. The van der Waals surface area contributed by atoms with E-state index in [1.807, 2.05) is 6.07 Å². The Labute approximate surface area is 167 Å². The Morgan fingerprint density at radius 3 is 2.68 bits per heavy atom. The molecule has 0 aromatic heterocycles. The fourth-order valence-corrected chi connectivity index (χ4v) is 3.25. The molecule has 0 saturated heterocycles. The number of amides is 1. The van der Waals surface area contributed by atoms with Crippen LogP contribution in [0.4, 0.5) is 0 Å². The van der Waals surface area contributed by atoms with Gasteiger partial charge in [0.2, 0.25) is 0 Å². The first-order valence-corrected chi connectivity index (χ1v) is 8.81. The van der Waals surface area contributed by atoms with Crippen molar-refractivity contribution in [3.8, 4) is 11.5 Å². The molecular weight excluding hydrogens is 384 g/mol. The number of nitrogens with one attached hydrogen (secondary N) is 1. The lowest BCUT2D eigenvalue weighted by Crippen LogP contribution is -2.35. The Bertz CT molecular complexity index is 946. The molecule has 0 radical (unpaired) electrons. The number of methoxy groups -OCH3 is 3. The Morgan fingerprint density at radius 1 is 1.21 bits per heavy atom. The van der Waals surface area contributed by atoms with Crippen molar-refractivity contribution in [1.29, 1.82) is 0 Å². The van der Waals surface area contributed by atoms with E-state index < -0.39 is 17.8 Å². The zero-order valence-electron chi connectivity index (χ0n) is 15.6. The molecule has 1 atom stereocenters. The van der Waals surface area contributed by atoms with E-state index in [9.17, 15) is 9.59 Å². The summed E-state index contributed by atoms with van der Waals surface area (Å²) in [6.45, 7) is 0.280. The van der Waals surface area contributed by atoms with Gasteiger partial charge in [-0.2, -0.15) is 0 Å². The van der Waals surface area contributed by atoms with Crippen molar-refractivity contribution in [2.45, 2.75) is 6.54 Å². The molecule has 1 unspecified atom stereocenters. The van der Waals surface area contributed by atoms with Gasteiger partial charge in [-0.25, -0.2) is 9.79 Å². The lowest BCUT2D eigenvalue weighted by Gasteiger charge is -2.27. The molecule has 7 nitrogen and oxygen atoms in total. The molecule has 0 spiro atoms. The summed E-state index contributed by atoms with van der Waals surface area (Å²) in [6, 6.07) is 5.38. The molecule has 2 aliphatic rings. The predicted molar refractivity (Wildman–Crippen MR) is 104 cm³/mol. The lowest BCUT2D eigenvalue weighted by atomic mass is 9.88. The molecule has 1 N–H and O–H groups in total. The largest absolute Gasteiger partial charge is 0.497 e. The van der Waals surface area contributed by atoms with Gasteiger partial charge in [0.25, 0.3) is 5.91 Å². The van der Waals surface area contributed by atoms with Crippen LogP contribution in [-0.2, 0) is 20.9 Å². The van der Waals surface area contributed by atoms with E-state index in [0.717, 1.165) is 5.56 Å². The third-order valence-corrected chi connectivity index (χ3v) is 4.68. The Morgan fingerprint density at radius 2 is 2.00 bits per heavy atom. The summed E-state index contributed by atoms with van der Waals surface area (Å²) in [5.74, 6) is -0.575. The maximum absolute atomic E-state index is 12.5. The second kappa shape index (κ2) is 8.31. The highest BCUT2D eigenvalue weighted by Crippen LogP contribution is 2.31. The SMILES string of the molecule is COC(=O)C1=C(NCc2cc(OC)ccc2OC)C2C=C(Cl)C=CC2=NC1=O. The van der Waals surface area contributed by atoms with Crippen LogP contribution in [0.3, 0.4) is 0 Å². The van der Waals surface area contributed by atoms with E-state index in [0.29, 0.717) is 27.9 Å². The zero-order valence-corrected chi connectivity index (χ0v) is 16.4. The summed E-state index contributed by atoms with van der Waals surface area (Å²) >= 11 is 6.14. The van der Waals surface area contributed by atoms with Crippen LogP contribution in [0, 0.1) is 5.92 Å².